The van der Waals surface area contributed by atoms with Crippen molar-refractivity contribution in [3.8, 4) is 5.75 Å². The molecule has 2 amide bonds. The van der Waals surface area contributed by atoms with Crippen molar-refractivity contribution in [2.45, 2.75) is 32.3 Å². The SMILES string of the molecule is CC(C)(C)OC(=O)Nc1ccc2cc(C(=O)N3C[C@@H](CCl)c4c3cc(O)c3ccccc43)[nH]c2c1. The third-order valence-corrected chi connectivity index (χ3v) is 6.45. The van der Waals surface area contributed by atoms with Crippen molar-refractivity contribution in [2.24, 2.45) is 0 Å². The summed E-state index contributed by atoms with van der Waals surface area (Å²) >= 11 is 6.30. The van der Waals surface area contributed by atoms with Gasteiger partial charge in [0, 0.05) is 46.4 Å². The summed E-state index contributed by atoms with van der Waals surface area (Å²) in [5.41, 5.74) is 2.70. The first-order valence-electron chi connectivity index (χ1n) is 11.4. The van der Waals surface area contributed by atoms with Crippen LogP contribution >= 0.6 is 11.6 Å². The predicted octanol–water partition coefficient (Wildman–Crippen LogP) is 6.36. The molecule has 0 aliphatic carbocycles. The van der Waals surface area contributed by atoms with Crippen molar-refractivity contribution in [2.75, 3.05) is 22.6 Å². The highest BCUT2D eigenvalue weighted by Gasteiger charge is 2.35. The Kier molecular flexibility index (Phi) is 5.60. The van der Waals surface area contributed by atoms with E-state index in [9.17, 15) is 14.7 Å². The normalized spacial score (nSPS) is 15.4. The zero-order chi connectivity index (χ0) is 24.9. The number of carbonyl (C=O) groups excluding carboxylic acids is 2. The molecule has 3 N–H and O–H groups in total. The number of nitrogens with one attached hydrogen (secondary N) is 2. The molecule has 0 spiro atoms. The van der Waals surface area contributed by atoms with Crippen molar-refractivity contribution < 1.29 is 19.4 Å². The van der Waals surface area contributed by atoms with Gasteiger partial charge >= 0.3 is 6.09 Å². The van der Waals surface area contributed by atoms with Gasteiger partial charge in [-0.3, -0.25) is 10.1 Å². The molecule has 0 bridgehead atoms. The lowest BCUT2D eigenvalue weighted by molar-refractivity contribution is 0.0635. The minimum atomic E-state index is -0.604. The summed E-state index contributed by atoms with van der Waals surface area (Å²) in [6.45, 7) is 5.82. The molecule has 1 aromatic heterocycles. The van der Waals surface area contributed by atoms with Crippen LogP contribution in [0.1, 0.15) is 42.7 Å². The number of H-pyrrole nitrogens is 1. The number of hydrogen-bond acceptors (Lipinski definition) is 4. The number of rotatable bonds is 3. The molecule has 35 heavy (non-hydrogen) atoms. The largest absolute Gasteiger partial charge is 0.507 e. The van der Waals surface area contributed by atoms with Crippen molar-refractivity contribution in [3.05, 3.63) is 65.9 Å². The lowest BCUT2D eigenvalue weighted by Crippen LogP contribution is -2.30. The van der Waals surface area contributed by atoms with E-state index in [2.05, 4.69) is 10.3 Å². The van der Waals surface area contributed by atoms with E-state index in [-0.39, 0.29) is 17.6 Å². The number of benzene rings is 3. The van der Waals surface area contributed by atoms with E-state index in [0.29, 0.717) is 35.0 Å². The second kappa shape index (κ2) is 8.50. The number of ether oxygens (including phenoxy) is 1. The lowest BCUT2D eigenvalue weighted by Gasteiger charge is -2.19. The Morgan fingerprint density at radius 2 is 1.89 bits per heavy atom. The van der Waals surface area contributed by atoms with Crippen molar-refractivity contribution in [1.82, 2.24) is 4.98 Å². The second-order valence-corrected chi connectivity index (χ2v) is 10.1. The second-order valence-electron chi connectivity index (χ2n) is 9.75. The van der Waals surface area contributed by atoms with E-state index < -0.39 is 11.7 Å². The van der Waals surface area contributed by atoms with Crippen molar-refractivity contribution >= 4 is 56.7 Å². The molecule has 0 unspecified atom stereocenters. The number of fused-ring (bicyclic) bond motifs is 4. The van der Waals surface area contributed by atoms with Gasteiger partial charge in [0.05, 0.1) is 5.69 Å². The highest BCUT2D eigenvalue weighted by atomic mass is 35.5. The molecule has 4 aromatic rings. The van der Waals surface area contributed by atoms with E-state index in [1.165, 1.54) is 0 Å². The molecule has 1 aliphatic heterocycles. The van der Waals surface area contributed by atoms with Crippen LogP contribution in [0.25, 0.3) is 21.7 Å². The molecule has 0 fully saturated rings. The zero-order valence-electron chi connectivity index (χ0n) is 19.7. The Balaban J connectivity index is 1.47. The van der Waals surface area contributed by atoms with Gasteiger partial charge in [0.15, 0.2) is 0 Å². The third kappa shape index (κ3) is 4.28. The summed E-state index contributed by atoms with van der Waals surface area (Å²) < 4.78 is 5.31. The Labute approximate surface area is 207 Å². The van der Waals surface area contributed by atoms with Crippen LogP contribution in [0, 0.1) is 0 Å². The van der Waals surface area contributed by atoms with Gasteiger partial charge in [0.25, 0.3) is 5.91 Å². The quantitative estimate of drug-likeness (QED) is 0.291. The number of nitrogens with zero attached hydrogens (tertiary/aromatic N) is 1. The van der Waals surface area contributed by atoms with Crippen LogP contribution in [-0.4, -0.2) is 40.1 Å². The predicted molar refractivity (Wildman–Crippen MR) is 139 cm³/mol. The number of halogens is 1. The first-order valence-corrected chi connectivity index (χ1v) is 11.9. The molecule has 180 valence electrons. The first-order chi connectivity index (χ1) is 16.6. The van der Waals surface area contributed by atoms with Gasteiger partial charge in [0.1, 0.15) is 17.0 Å². The molecule has 8 heteroatoms. The number of aromatic hydroxyl groups is 1. The Bertz CT molecular complexity index is 1470. The van der Waals surface area contributed by atoms with Crippen LogP contribution in [0.15, 0.2) is 54.6 Å². The van der Waals surface area contributed by atoms with Crippen molar-refractivity contribution in [3.63, 3.8) is 0 Å². The molecule has 0 radical (unpaired) electrons. The van der Waals surface area contributed by atoms with Gasteiger partial charge in [-0.1, -0.05) is 30.3 Å². The molecule has 0 saturated heterocycles. The summed E-state index contributed by atoms with van der Waals surface area (Å²) in [4.78, 5) is 30.5. The Morgan fingerprint density at radius 1 is 1.14 bits per heavy atom. The molecule has 5 rings (SSSR count). The van der Waals surface area contributed by atoms with Crippen LogP contribution in [0.4, 0.5) is 16.2 Å². The maximum Gasteiger partial charge on any atom is 0.412 e. The minimum absolute atomic E-state index is 0.0462. The minimum Gasteiger partial charge on any atom is -0.507 e. The van der Waals surface area contributed by atoms with Gasteiger partial charge in [-0.25, -0.2) is 4.79 Å². The standard InChI is InChI=1S/C27H26ClN3O4/c1-27(2,3)35-26(34)29-17-9-8-15-10-21(30-20(15)11-17)25(33)31-14-16(13-28)24-19-7-5-4-6-18(19)23(32)12-22(24)31/h4-12,16,30,32H,13-14H2,1-3H3,(H,29,34)/t16-/m1/s1. The van der Waals surface area contributed by atoms with Crippen molar-refractivity contribution in [1.29, 1.82) is 0 Å². The molecule has 2 heterocycles. The number of aromatic nitrogens is 1. The fraction of sp³-hybridized carbons (Fsp3) is 0.259. The molecule has 1 atom stereocenters. The average molecular weight is 492 g/mol. The van der Waals surface area contributed by atoms with Gasteiger partial charge in [0.2, 0.25) is 0 Å². The van der Waals surface area contributed by atoms with Gasteiger partial charge < -0.3 is 19.7 Å². The monoisotopic (exact) mass is 491 g/mol. The van der Waals surface area contributed by atoms with Crippen LogP contribution in [-0.2, 0) is 4.74 Å². The maximum absolute atomic E-state index is 13.6. The van der Waals surface area contributed by atoms with Crippen LogP contribution < -0.4 is 10.2 Å². The Morgan fingerprint density at radius 3 is 2.60 bits per heavy atom. The summed E-state index contributed by atoms with van der Waals surface area (Å²) in [7, 11) is 0. The number of phenolic OH excluding ortho intramolecular Hbond substituents is 1. The number of carbonyl (C=O) groups is 2. The highest BCUT2D eigenvalue weighted by Crippen LogP contribution is 2.45. The number of alkyl halides is 1. The van der Waals surface area contributed by atoms with E-state index in [4.69, 9.17) is 16.3 Å². The zero-order valence-corrected chi connectivity index (χ0v) is 20.4. The van der Waals surface area contributed by atoms with Crippen LogP contribution in [0.2, 0.25) is 0 Å². The summed E-state index contributed by atoms with van der Waals surface area (Å²) in [6.07, 6.45) is -0.549. The summed E-state index contributed by atoms with van der Waals surface area (Å²) in [5.74, 6) is 0.223. The van der Waals surface area contributed by atoms with E-state index >= 15 is 0 Å². The molecular formula is C27H26ClN3O4. The fourth-order valence-electron chi connectivity index (χ4n) is 4.63. The maximum atomic E-state index is 13.6. The Hall–Kier alpha value is -3.71. The number of phenols is 1. The smallest absolute Gasteiger partial charge is 0.412 e. The molecule has 0 saturated carbocycles. The van der Waals surface area contributed by atoms with Crippen LogP contribution in [0.3, 0.4) is 0 Å². The molecular weight excluding hydrogens is 466 g/mol. The van der Waals surface area contributed by atoms with Crippen LogP contribution in [0.5, 0.6) is 5.75 Å². The first kappa shape index (κ1) is 23.1. The van der Waals surface area contributed by atoms with E-state index in [1.54, 1.807) is 49.9 Å². The molecule has 1 aliphatic rings. The van der Waals surface area contributed by atoms with Gasteiger partial charge in [-0.15, -0.1) is 11.6 Å². The van der Waals surface area contributed by atoms with Gasteiger partial charge in [-0.2, -0.15) is 0 Å². The van der Waals surface area contributed by atoms with E-state index in [0.717, 1.165) is 21.7 Å². The summed E-state index contributed by atoms with van der Waals surface area (Å²) in [6, 6.07) is 16.4. The highest BCUT2D eigenvalue weighted by molar-refractivity contribution is 6.19. The average Bonchev–Trinajstić information content (AvgIpc) is 3.38. The number of hydrogen-bond donors (Lipinski definition) is 3. The molecule has 3 aromatic carbocycles. The number of amides is 2. The summed E-state index contributed by atoms with van der Waals surface area (Å²) in [5, 5.41) is 15.8. The number of anilines is 2. The lowest BCUT2D eigenvalue weighted by atomic mass is 9.95. The van der Waals surface area contributed by atoms with Gasteiger partial charge in [-0.05, 0) is 49.9 Å². The fourth-order valence-corrected chi connectivity index (χ4v) is 4.88. The third-order valence-electron chi connectivity index (χ3n) is 6.07. The topological polar surface area (TPSA) is 94.7 Å². The number of aromatic amines is 1. The van der Waals surface area contributed by atoms with E-state index in [1.807, 2.05) is 30.3 Å². The molecule has 7 nitrogen and oxygen atoms in total.